The van der Waals surface area contributed by atoms with E-state index < -0.39 is 0 Å². The average molecular weight is 231 g/mol. The van der Waals surface area contributed by atoms with Gasteiger partial charge in [-0.05, 0) is 24.4 Å². The first-order chi connectivity index (χ1) is 6.59. The third-order valence-corrected chi connectivity index (χ3v) is 1.60. The van der Waals surface area contributed by atoms with Crippen LogP contribution in [0.2, 0.25) is 5.15 Å². The first-order valence-electron chi connectivity index (χ1n) is 3.57. The Bertz CT molecular complexity index is 370. The van der Waals surface area contributed by atoms with Gasteiger partial charge in [0.15, 0.2) is 5.11 Å². The molecular weight excluding hydrogens is 224 g/mol. The molecule has 0 saturated heterocycles. The molecule has 1 amide bonds. The molecule has 1 aromatic heterocycles. The van der Waals surface area contributed by atoms with Crippen molar-refractivity contribution in [3.63, 3.8) is 0 Å². The lowest BCUT2D eigenvalue weighted by Gasteiger charge is -2.05. The number of halogens is 1. The van der Waals surface area contributed by atoms with Crippen molar-refractivity contribution in [3.05, 3.63) is 29.0 Å². The number of hydrazine groups is 1. The standard InChI is InChI=1S/C7H7ClN4OS/c8-5-3-4(1-2-10-5)6(13)11-12-7(9)14/h1-3H,(H,11,13)(H3,9,12,14). The topological polar surface area (TPSA) is 80.0 Å². The molecule has 0 unspecified atom stereocenters. The van der Waals surface area contributed by atoms with Crippen molar-refractivity contribution < 1.29 is 4.79 Å². The van der Waals surface area contributed by atoms with Crippen LogP contribution in [0.15, 0.2) is 18.3 Å². The number of rotatable bonds is 1. The van der Waals surface area contributed by atoms with Crippen LogP contribution in [0, 0.1) is 0 Å². The van der Waals surface area contributed by atoms with Crippen LogP contribution >= 0.6 is 23.8 Å². The first kappa shape index (κ1) is 10.7. The van der Waals surface area contributed by atoms with Crippen molar-refractivity contribution in [1.29, 1.82) is 0 Å². The highest BCUT2D eigenvalue weighted by Gasteiger charge is 2.05. The Morgan fingerprint density at radius 3 is 2.86 bits per heavy atom. The number of hydrogen-bond donors (Lipinski definition) is 3. The smallest absolute Gasteiger partial charge is 0.269 e. The van der Waals surface area contributed by atoms with Gasteiger partial charge in [-0.15, -0.1) is 0 Å². The Morgan fingerprint density at radius 1 is 1.57 bits per heavy atom. The van der Waals surface area contributed by atoms with Crippen LogP contribution in [-0.2, 0) is 0 Å². The number of nitrogens with one attached hydrogen (secondary N) is 2. The second-order valence-corrected chi connectivity index (χ2v) is 3.14. The van der Waals surface area contributed by atoms with Gasteiger partial charge in [0.25, 0.3) is 5.91 Å². The van der Waals surface area contributed by atoms with Crippen molar-refractivity contribution >= 4 is 34.8 Å². The van der Waals surface area contributed by atoms with Gasteiger partial charge in [-0.25, -0.2) is 4.98 Å². The minimum atomic E-state index is -0.387. The number of carbonyl (C=O) groups is 1. The molecule has 0 aromatic carbocycles. The van der Waals surface area contributed by atoms with Crippen molar-refractivity contribution in [2.45, 2.75) is 0 Å². The number of aromatic nitrogens is 1. The zero-order chi connectivity index (χ0) is 10.6. The molecule has 14 heavy (non-hydrogen) atoms. The monoisotopic (exact) mass is 230 g/mol. The van der Waals surface area contributed by atoms with Crippen LogP contribution in [0.25, 0.3) is 0 Å². The number of pyridine rings is 1. The lowest BCUT2D eigenvalue weighted by Crippen LogP contribution is -2.44. The maximum absolute atomic E-state index is 11.3. The molecule has 0 aliphatic heterocycles. The molecule has 74 valence electrons. The fourth-order valence-electron chi connectivity index (χ4n) is 0.734. The highest BCUT2D eigenvalue weighted by Crippen LogP contribution is 2.06. The van der Waals surface area contributed by atoms with E-state index in [2.05, 4.69) is 28.1 Å². The van der Waals surface area contributed by atoms with Crippen LogP contribution in [-0.4, -0.2) is 16.0 Å². The SMILES string of the molecule is NC(=S)NNC(=O)c1ccnc(Cl)c1. The molecule has 0 atom stereocenters. The number of hydrogen-bond acceptors (Lipinski definition) is 3. The third-order valence-electron chi connectivity index (χ3n) is 1.29. The molecular formula is C7H7ClN4OS. The normalized spacial score (nSPS) is 9.21. The summed E-state index contributed by atoms with van der Waals surface area (Å²) in [5, 5.41) is 0.228. The minimum absolute atomic E-state index is 0.0153. The molecule has 0 aliphatic carbocycles. The number of nitrogens with zero attached hydrogens (tertiary/aromatic N) is 1. The van der Waals surface area contributed by atoms with E-state index >= 15 is 0 Å². The lowest BCUT2D eigenvalue weighted by atomic mass is 10.2. The summed E-state index contributed by atoms with van der Waals surface area (Å²) in [5.74, 6) is -0.387. The Labute approximate surface area is 90.6 Å². The summed E-state index contributed by atoms with van der Waals surface area (Å²) in [6, 6.07) is 2.95. The molecule has 7 heteroatoms. The zero-order valence-electron chi connectivity index (χ0n) is 6.95. The Balaban J connectivity index is 2.65. The van der Waals surface area contributed by atoms with Crippen LogP contribution < -0.4 is 16.6 Å². The minimum Gasteiger partial charge on any atom is -0.375 e. The molecule has 1 rings (SSSR count). The van der Waals surface area contributed by atoms with Gasteiger partial charge in [-0.3, -0.25) is 15.6 Å². The average Bonchev–Trinajstić information content (AvgIpc) is 2.14. The summed E-state index contributed by atoms with van der Waals surface area (Å²) in [4.78, 5) is 15.1. The number of thiocarbonyl (C=S) groups is 1. The Hall–Kier alpha value is -1.40. The zero-order valence-corrected chi connectivity index (χ0v) is 8.52. The fraction of sp³-hybridized carbons (Fsp3) is 0. The van der Waals surface area contributed by atoms with E-state index in [0.29, 0.717) is 5.56 Å². The molecule has 1 heterocycles. The fourth-order valence-corrected chi connectivity index (χ4v) is 0.959. The van der Waals surface area contributed by atoms with E-state index in [0.717, 1.165) is 0 Å². The number of amides is 1. The summed E-state index contributed by atoms with van der Waals surface area (Å²) < 4.78 is 0. The molecule has 1 aromatic rings. The van der Waals surface area contributed by atoms with Crippen LogP contribution in [0.1, 0.15) is 10.4 Å². The van der Waals surface area contributed by atoms with E-state index in [1.807, 2.05) is 0 Å². The molecule has 0 spiro atoms. The highest BCUT2D eigenvalue weighted by atomic mass is 35.5. The maximum Gasteiger partial charge on any atom is 0.269 e. The van der Waals surface area contributed by atoms with Gasteiger partial charge in [0.2, 0.25) is 0 Å². The highest BCUT2D eigenvalue weighted by molar-refractivity contribution is 7.80. The first-order valence-corrected chi connectivity index (χ1v) is 4.35. The summed E-state index contributed by atoms with van der Waals surface area (Å²) in [7, 11) is 0. The predicted octanol–water partition coefficient (Wildman–Crippen LogP) is 0.213. The summed E-state index contributed by atoms with van der Waals surface area (Å²) in [6.45, 7) is 0. The van der Waals surface area contributed by atoms with Crippen LogP contribution in [0.3, 0.4) is 0 Å². The molecule has 0 radical (unpaired) electrons. The Kier molecular flexibility index (Phi) is 3.61. The van der Waals surface area contributed by atoms with Gasteiger partial charge >= 0.3 is 0 Å². The maximum atomic E-state index is 11.3. The molecule has 4 N–H and O–H groups in total. The quantitative estimate of drug-likeness (QED) is 0.365. The van der Waals surface area contributed by atoms with Gasteiger partial charge in [-0.1, -0.05) is 11.6 Å². The van der Waals surface area contributed by atoms with Gasteiger partial charge in [-0.2, -0.15) is 0 Å². The van der Waals surface area contributed by atoms with Gasteiger partial charge in [0.05, 0.1) is 0 Å². The molecule has 0 saturated carbocycles. The van der Waals surface area contributed by atoms with Crippen molar-refractivity contribution in [2.24, 2.45) is 5.73 Å². The molecule has 5 nitrogen and oxygen atoms in total. The van der Waals surface area contributed by atoms with Crippen molar-refractivity contribution in [2.75, 3.05) is 0 Å². The van der Waals surface area contributed by atoms with Gasteiger partial charge in [0, 0.05) is 11.8 Å². The molecule has 0 aliphatic rings. The summed E-state index contributed by atoms with van der Waals surface area (Å²) in [5.41, 5.74) is 10.1. The van der Waals surface area contributed by atoms with Crippen molar-refractivity contribution in [1.82, 2.24) is 15.8 Å². The number of nitrogens with two attached hydrogens (primary N) is 1. The molecule has 0 fully saturated rings. The number of carbonyl (C=O) groups excluding carboxylic acids is 1. The largest absolute Gasteiger partial charge is 0.375 e. The van der Waals surface area contributed by atoms with Crippen LogP contribution in [0.5, 0.6) is 0 Å². The van der Waals surface area contributed by atoms with E-state index in [1.165, 1.54) is 18.3 Å². The second kappa shape index (κ2) is 4.73. The lowest BCUT2D eigenvalue weighted by molar-refractivity contribution is 0.0944. The van der Waals surface area contributed by atoms with E-state index in [1.54, 1.807) is 0 Å². The second-order valence-electron chi connectivity index (χ2n) is 2.31. The van der Waals surface area contributed by atoms with Gasteiger partial charge in [0.1, 0.15) is 5.15 Å². The summed E-state index contributed by atoms with van der Waals surface area (Å²) in [6.07, 6.45) is 1.43. The summed E-state index contributed by atoms with van der Waals surface area (Å²) >= 11 is 10.1. The van der Waals surface area contributed by atoms with E-state index in [9.17, 15) is 4.79 Å². The predicted molar refractivity (Wildman–Crippen MR) is 56.6 cm³/mol. The van der Waals surface area contributed by atoms with E-state index in [-0.39, 0.29) is 16.2 Å². The molecule has 0 bridgehead atoms. The third kappa shape index (κ3) is 3.15. The Morgan fingerprint density at radius 2 is 2.29 bits per heavy atom. The van der Waals surface area contributed by atoms with Gasteiger partial charge < -0.3 is 5.73 Å². The van der Waals surface area contributed by atoms with E-state index in [4.69, 9.17) is 17.3 Å². The van der Waals surface area contributed by atoms with Crippen LogP contribution in [0.4, 0.5) is 0 Å². The van der Waals surface area contributed by atoms with Crippen molar-refractivity contribution in [3.8, 4) is 0 Å².